The van der Waals surface area contributed by atoms with Gasteiger partial charge in [0.2, 0.25) is 0 Å². The van der Waals surface area contributed by atoms with E-state index in [0.29, 0.717) is 5.54 Å². The quantitative estimate of drug-likeness (QED) is 0.643. The van der Waals surface area contributed by atoms with Crippen molar-refractivity contribution >= 4 is 0 Å². The second kappa shape index (κ2) is 4.24. The van der Waals surface area contributed by atoms with E-state index in [0.717, 1.165) is 26.3 Å². The largest absolute Gasteiger partial charge is 0.379 e. The van der Waals surface area contributed by atoms with Crippen LogP contribution in [-0.4, -0.2) is 36.7 Å². The summed E-state index contributed by atoms with van der Waals surface area (Å²) < 4.78 is 5.34. The van der Waals surface area contributed by atoms with Crippen molar-refractivity contribution in [1.82, 2.24) is 4.90 Å². The second-order valence-corrected chi connectivity index (χ2v) is 3.80. The van der Waals surface area contributed by atoms with Crippen LogP contribution in [0.5, 0.6) is 0 Å². The van der Waals surface area contributed by atoms with Crippen molar-refractivity contribution in [3.63, 3.8) is 0 Å². The zero-order valence-corrected chi connectivity index (χ0v) is 8.60. The van der Waals surface area contributed by atoms with Gasteiger partial charge in [0, 0.05) is 18.6 Å². The summed E-state index contributed by atoms with van der Waals surface area (Å²) in [5.41, 5.74) is 0.407. The van der Waals surface area contributed by atoms with E-state index in [4.69, 9.17) is 4.74 Å². The highest BCUT2D eigenvalue weighted by atomic mass is 16.5. The Balaban J connectivity index is 2.51. The van der Waals surface area contributed by atoms with Gasteiger partial charge < -0.3 is 4.74 Å². The van der Waals surface area contributed by atoms with E-state index in [1.54, 1.807) is 0 Å². The molecule has 1 heterocycles. The van der Waals surface area contributed by atoms with E-state index in [1.807, 2.05) is 0 Å². The van der Waals surface area contributed by atoms with Gasteiger partial charge in [-0.05, 0) is 19.8 Å². The maximum absolute atomic E-state index is 5.34. The average molecular weight is 171 g/mol. The molecule has 0 N–H and O–H groups in total. The Morgan fingerprint density at radius 3 is 2.08 bits per heavy atom. The van der Waals surface area contributed by atoms with Gasteiger partial charge in [-0.1, -0.05) is 13.8 Å². The molecule has 0 aromatic carbocycles. The molecule has 0 unspecified atom stereocenters. The van der Waals surface area contributed by atoms with Crippen molar-refractivity contribution in [3.05, 3.63) is 0 Å². The fourth-order valence-corrected chi connectivity index (χ4v) is 1.80. The van der Waals surface area contributed by atoms with E-state index in [1.165, 1.54) is 12.8 Å². The normalized spacial score (nSPS) is 21.2. The first-order valence-electron chi connectivity index (χ1n) is 5.05. The van der Waals surface area contributed by atoms with Crippen LogP contribution in [-0.2, 0) is 4.74 Å². The molecule has 0 amide bonds. The van der Waals surface area contributed by atoms with Crippen LogP contribution in [0.4, 0.5) is 0 Å². The van der Waals surface area contributed by atoms with Crippen molar-refractivity contribution in [2.24, 2.45) is 0 Å². The monoisotopic (exact) mass is 171 g/mol. The van der Waals surface area contributed by atoms with Crippen molar-refractivity contribution in [1.29, 1.82) is 0 Å². The summed E-state index contributed by atoms with van der Waals surface area (Å²) in [6.07, 6.45) is 2.48. The molecule has 1 aliphatic rings. The molecule has 0 aromatic heterocycles. The summed E-state index contributed by atoms with van der Waals surface area (Å²) in [7, 11) is 0. The lowest BCUT2D eigenvalue weighted by molar-refractivity contribution is -0.0192. The maximum atomic E-state index is 5.34. The molecule has 1 rings (SSSR count). The number of hydrogen-bond donors (Lipinski definition) is 0. The molecular weight excluding hydrogens is 150 g/mol. The molecule has 0 atom stereocenters. The van der Waals surface area contributed by atoms with E-state index in [-0.39, 0.29) is 0 Å². The summed E-state index contributed by atoms with van der Waals surface area (Å²) in [5, 5.41) is 0. The number of ether oxygens (including phenoxy) is 1. The predicted molar refractivity (Wildman–Crippen MR) is 51.4 cm³/mol. The Morgan fingerprint density at radius 2 is 1.67 bits per heavy atom. The zero-order valence-electron chi connectivity index (χ0n) is 8.60. The summed E-state index contributed by atoms with van der Waals surface area (Å²) >= 11 is 0. The summed E-state index contributed by atoms with van der Waals surface area (Å²) in [6, 6.07) is 0. The highest BCUT2D eigenvalue weighted by Gasteiger charge is 2.28. The van der Waals surface area contributed by atoms with Gasteiger partial charge in [0.05, 0.1) is 13.2 Å². The molecule has 2 heteroatoms. The number of nitrogens with zero attached hydrogens (tertiary/aromatic N) is 1. The van der Waals surface area contributed by atoms with E-state index in [2.05, 4.69) is 25.7 Å². The highest BCUT2D eigenvalue weighted by molar-refractivity contribution is 4.84. The third-order valence-electron chi connectivity index (χ3n) is 3.30. The summed E-state index contributed by atoms with van der Waals surface area (Å²) in [6.45, 7) is 11.0. The molecule has 1 aliphatic heterocycles. The first-order chi connectivity index (χ1) is 5.73. The molecule has 1 fully saturated rings. The fourth-order valence-electron chi connectivity index (χ4n) is 1.80. The minimum absolute atomic E-state index is 0.407. The Kier molecular flexibility index (Phi) is 3.53. The third-order valence-corrected chi connectivity index (χ3v) is 3.30. The van der Waals surface area contributed by atoms with Gasteiger partial charge in [0.15, 0.2) is 0 Å². The highest BCUT2D eigenvalue weighted by Crippen LogP contribution is 2.23. The standard InChI is InChI=1S/C10H21NO/c1-4-10(3,5-2)11-6-8-12-9-7-11/h4-9H2,1-3H3. The van der Waals surface area contributed by atoms with E-state index < -0.39 is 0 Å². The summed E-state index contributed by atoms with van der Waals surface area (Å²) in [4.78, 5) is 2.57. The molecule has 1 saturated heterocycles. The van der Waals surface area contributed by atoms with Gasteiger partial charge in [0.25, 0.3) is 0 Å². The topological polar surface area (TPSA) is 12.5 Å². The van der Waals surface area contributed by atoms with Crippen LogP contribution in [0.15, 0.2) is 0 Å². The summed E-state index contributed by atoms with van der Waals surface area (Å²) in [5.74, 6) is 0. The molecule has 72 valence electrons. The van der Waals surface area contributed by atoms with Crippen LogP contribution >= 0.6 is 0 Å². The lowest BCUT2D eigenvalue weighted by Crippen LogP contribution is -2.50. The molecule has 0 saturated carbocycles. The zero-order chi connectivity index (χ0) is 9.03. The van der Waals surface area contributed by atoms with Crippen LogP contribution in [0.2, 0.25) is 0 Å². The second-order valence-electron chi connectivity index (χ2n) is 3.80. The van der Waals surface area contributed by atoms with Crippen LogP contribution in [0.3, 0.4) is 0 Å². The number of morpholine rings is 1. The first-order valence-corrected chi connectivity index (χ1v) is 5.05. The number of rotatable bonds is 3. The molecule has 2 nitrogen and oxygen atoms in total. The van der Waals surface area contributed by atoms with Crippen molar-refractivity contribution in [2.45, 2.75) is 39.2 Å². The average Bonchev–Trinajstić information content (AvgIpc) is 2.18. The minimum Gasteiger partial charge on any atom is -0.379 e. The van der Waals surface area contributed by atoms with Crippen LogP contribution in [0, 0.1) is 0 Å². The first kappa shape index (κ1) is 10.0. The van der Waals surface area contributed by atoms with E-state index in [9.17, 15) is 0 Å². The van der Waals surface area contributed by atoms with Crippen molar-refractivity contribution < 1.29 is 4.74 Å². The Labute approximate surface area is 75.9 Å². The smallest absolute Gasteiger partial charge is 0.0594 e. The molecule has 0 spiro atoms. The van der Waals surface area contributed by atoms with Gasteiger partial charge in [-0.25, -0.2) is 0 Å². The predicted octanol–water partition coefficient (Wildman–Crippen LogP) is 1.90. The van der Waals surface area contributed by atoms with Crippen molar-refractivity contribution in [3.8, 4) is 0 Å². The molecule has 0 radical (unpaired) electrons. The maximum Gasteiger partial charge on any atom is 0.0594 e. The van der Waals surface area contributed by atoms with Gasteiger partial charge in [-0.3, -0.25) is 4.90 Å². The molecule has 0 bridgehead atoms. The Morgan fingerprint density at radius 1 is 1.17 bits per heavy atom. The van der Waals surface area contributed by atoms with Gasteiger partial charge in [-0.2, -0.15) is 0 Å². The van der Waals surface area contributed by atoms with Gasteiger partial charge in [0.1, 0.15) is 0 Å². The Bertz CT molecular complexity index is 126. The SMILES string of the molecule is CCC(C)(CC)N1CCOCC1. The van der Waals surface area contributed by atoms with Crippen LogP contribution < -0.4 is 0 Å². The Hall–Kier alpha value is -0.0800. The third kappa shape index (κ3) is 1.99. The van der Waals surface area contributed by atoms with Gasteiger partial charge in [-0.15, -0.1) is 0 Å². The lowest BCUT2D eigenvalue weighted by Gasteiger charge is -2.42. The van der Waals surface area contributed by atoms with Crippen molar-refractivity contribution in [2.75, 3.05) is 26.3 Å². The van der Waals surface area contributed by atoms with E-state index >= 15 is 0 Å². The van der Waals surface area contributed by atoms with Crippen LogP contribution in [0.25, 0.3) is 0 Å². The number of hydrogen-bond acceptors (Lipinski definition) is 2. The lowest BCUT2D eigenvalue weighted by atomic mass is 9.93. The molecule has 0 aromatic rings. The minimum atomic E-state index is 0.407. The molecular formula is C10H21NO. The van der Waals surface area contributed by atoms with Crippen LogP contribution in [0.1, 0.15) is 33.6 Å². The molecule has 0 aliphatic carbocycles. The van der Waals surface area contributed by atoms with Gasteiger partial charge >= 0.3 is 0 Å². The fraction of sp³-hybridized carbons (Fsp3) is 1.00. The molecule has 12 heavy (non-hydrogen) atoms.